The molecule has 1 saturated heterocycles. The maximum absolute atomic E-state index is 13.1. The van der Waals surface area contributed by atoms with Gasteiger partial charge in [0.25, 0.3) is 5.91 Å². The summed E-state index contributed by atoms with van der Waals surface area (Å²) in [5.41, 5.74) is -1.35. The predicted molar refractivity (Wildman–Crippen MR) is 103 cm³/mol. The van der Waals surface area contributed by atoms with Crippen molar-refractivity contribution in [1.82, 2.24) is 9.97 Å². The first-order valence-electron chi connectivity index (χ1n) is 9.45. The summed E-state index contributed by atoms with van der Waals surface area (Å²) < 4.78 is 44.4. The number of hydrogen-bond donors (Lipinski definition) is 1. The van der Waals surface area contributed by atoms with Gasteiger partial charge in [-0.1, -0.05) is 12.1 Å². The third-order valence-corrected chi connectivity index (χ3v) is 4.82. The molecule has 1 fully saturated rings. The topological polar surface area (TPSA) is 84.4 Å². The number of para-hydroxylation sites is 1. The highest BCUT2D eigenvalue weighted by atomic mass is 19.4. The third kappa shape index (κ3) is 5.25. The van der Waals surface area contributed by atoms with Crippen LogP contribution in [0.5, 0.6) is 0 Å². The number of alkyl halides is 3. The highest BCUT2D eigenvalue weighted by Crippen LogP contribution is 2.34. The van der Waals surface area contributed by atoms with E-state index in [1.807, 2.05) is 4.90 Å². The van der Waals surface area contributed by atoms with Gasteiger partial charge in [-0.05, 0) is 38.0 Å². The van der Waals surface area contributed by atoms with Crippen LogP contribution in [0.25, 0.3) is 0 Å². The molecule has 0 spiro atoms. The van der Waals surface area contributed by atoms with E-state index in [4.69, 9.17) is 4.74 Å². The second-order valence-corrected chi connectivity index (χ2v) is 6.92. The standard InChI is InChI=1S/C20H21F3N4O3/c1-13(17(28)26-16-6-3-2-5-15(16)20(21,22)23)30-18(29)14-7-11-27(12-8-14)19-24-9-4-10-25-19/h2-6,9-10,13-14H,7-8,11-12H2,1H3,(H,26,28). The Labute approximate surface area is 171 Å². The Balaban J connectivity index is 1.53. The number of nitrogens with zero attached hydrogens (tertiary/aromatic N) is 3. The van der Waals surface area contributed by atoms with Crippen LogP contribution in [0.1, 0.15) is 25.3 Å². The van der Waals surface area contributed by atoms with E-state index in [1.165, 1.54) is 19.1 Å². The Hall–Kier alpha value is -3.17. The molecule has 3 rings (SSSR count). The monoisotopic (exact) mass is 422 g/mol. The molecule has 10 heteroatoms. The minimum atomic E-state index is -4.61. The van der Waals surface area contributed by atoms with Crippen molar-refractivity contribution in [2.75, 3.05) is 23.3 Å². The van der Waals surface area contributed by atoms with Gasteiger partial charge in [0.1, 0.15) is 0 Å². The van der Waals surface area contributed by atoms with Gasteiger partial charge < -0.3 is 15.0 Å². The molecule has 1 aliphatic heterocycles. The Morgan fingerprint density at radius 3 is 2.40 bits per heavy atom. The molecule has 1 aromatic carbocycles. The van der Waals surface area contributed by atoms with E-state index in [0.717, 1.165) is 12.1 Å². The SMILES string of the molecule is CC(OC(=O)C1CCN(c2ncccn2)CC1)C(=O)Nc1ccccc1C(F)(F)F. The van der Waals surface area contributed by atoms with Gasteiger partial charge in [-0.25, -0.2) is 9.97 Å². The highest BCUT2D eigenvalue weighted by molar-refractivity contribution is 5.95. The summed E-state index contributed by atoms with van der Waals surface area (Å²) in [6.45, 7) is 2.45. The molecule has 2 heterocycles. The molecule has 0 aliphatic carbocycles. The van der Waals surface area contributed by atoms with E-state index in [2.05, 4.69) is 15.3 Å². The van der Waals surface area contributed by atoms with Gasteiger partial charge in [0.15, 0.2) is 6.10 Å². The fourth-order valence-electron chi connectivity index (χ4n) is 3.17. The number of ether oxygens (including phenoxy) is 1. The number of piperidine rings is 1. The smallest absolute Gasteiger partial charge is 0.418 e. The maximum atomic E-state index is 13.1. The maximum Gasteiger partial charge on any atom is 0.418 e. The molecule has 2 aromatic rings. The molecule has 1 atom stereocenters. The number of carbonyl (C=O) groups excluding carboxylic acids is 2. The molecule has 0 radical (unpaired) electrons. The van der Waals surface area contributed by atoms with E-state index < -0.39 is 35.6 Å². The summed E-state index contributed by atoms with van der Waals surface area (Å²) in [7, 11) is 0. The van der Waals surface area contributed by atoms with Crippen molar-refractivity contribution in [2.24, 2.45) is 5.92 Å². The Morgan fingerprint density at radius 2 is 1.77 bits per heavy atom. The van der Waals surface area contributed by atoms with Gasteiger partial charge in [-0.3, -0.25) is 9.59 Å². The zero-order chi connectivity index (χ0) is 21.7. The van der Waals surface area contributed by atoms with Gasteiger partial charge in [-0.2, -0.15) is 13.2 Å². The summed E-state index contributed by atoms with van der Waals surface area (Å²) >= 11 is 0. The summed E-state index contributed by atoms with van der Waals surface area (Å²) in [5, 5.41) is 2.19. The zero-order valence-electron chi connectivity index (χ0n) is 16.2. The van der Waals surface area contributed by atoms with Crippen molar-refractivity contribution < 1.29 is 27.5 Å². The normalized spacial score (nSPS) is 16.1. The quantitative estimate of drug-likeness (QED) is 0.745. The van der Waals surface area contributed by atoms with Crippen molar-refractivity contribution in [3.63, 3.8) is 0 Å². The highest BCUT2D eigenvalue weighted by Gasteiger charge is 2.34. The van der Waals surface area contributed by atoms with Gasteiger partial charge in [-0.15, -0.1) is 0 Å². The molecule has 160 valence electrons. The van der Waals surface area contributed by atoms with Crippen LogP contribution in [0.2, 0.25) is 0 Å². The van der Waals surface area contributed by atoms with Gasteiger partial charge >= 0.3 is 12.1 Å². The fraction of sp³-hybridized carbons (Fsp3) is 0.400. The van der Waals surface area contributed by atoms with E-state index in [9.17, 15) is 22.8 Å². The first-order valence-corrected chi connectivity index (χ1v) is 9.45. The van der Waals surface area contributed by atoms with Crippen LogP contribution in [0.4, 0.5) is 24.8 Å². The summed E-state index contributed by atoms with van der Waals surface area (Å²) in [6.07, 6.45) is -1.56. The Morgan fingerprint density at radius 1 is 1.13 bits per heavy atom. The van der Waals surface area contributed by atoms with Crippen LogP contribution in [-0.4, -0.2) is 41.0 Å². The van der Waals surface area contributed by atoms with Crippen molar-refractivity contribution in [1.29, 1.82) is 0 Å². The largest absolute Gasteiger partial charge is 0.452 e. The molecule has 1 aromatic heterocycles. The lowest BCUT2D eigenvalue weighted by Crippen LogP contribution is -2.39. The van der Waals surface area contributed by atoms with E-state index in [1.54, 1.807) is 18.5 Å². The average molecular weight is 422 g/mol. The summed E-state index contributed by atoms with van der Waals surface area (Å²) in [4.78, 5) is 35.0. The number of anilines is 2. The molecule has 1 unspecified atom stereocenters. The lowest BCUT2D eigenvalue weighted by Gasteiger charge is -2.31. The third-order valence-electron chi connectivity index (χ3n) is 4.82. The van der Waals surface area contributed by atoms with Crippen molar-refractivity contribution in [2.45, 2.75) is 32.0 Å². The van der Waals surface area contributed by atoms with Gasteiger partial charge in [0, 0.05) is 25.5 Å². The molecule has 1 amide bonds. The molecule has 7 nitrogen and oxygen atoms in total. The number of hydrogen-bond acceptors (Lipinski definition) is 6. The number of amides is 1. The summed E-state index contributed by atoms with van der Waals surface area (Å²) in [5.74, 6) is -1.19. The first kappa shape index (κ1) is 21.5. The first-order chi connectivity index (χ1) is 14.3. The second-order valence-electron chi connectivity index (χ2n) is 6.92. The molecule has 0 bridgehead atoms. The lowest BCUT2D eigenvalue weighted by atomic mass is 9.97. The van der Waals surface area contributed by atoms with E-state index in [-0.39, 0.29) is 5.69 Å². The van der Waals surface area contributed by atoms with Crippen molar-refractivity contribution in [3.05, 3.63) is 48.3 Å². The number of benzene rings is 1. The van der Waals surface area contributed by atoms with Gasteiger partial charge in [0.05, 0.1) is 17.2 Å². The number of nitrogens with one attached hydrogen (secondary N) is 1. The van der Waals surface area contributed by atoms with Crippen molar-refractivity contribution >= 4 is 23.5 Å². The van der Waals surface area contributed by atoms with Crippen LogP contribution in [0.3, 0.4) is 0 Å². The number of rotatable bonds is 5. The van der Waals surface area contributed by atoms with Crippen molar-refractivity contribution in [3.8, 4) is 0 Å². The average Bonchev–Trinajstić information content (AvgIpc) is 2.74. The summed E-state index contributed by atoms with van der Waals surface area (Å²) in [6, 6.07) is 6.35. The molecule has 0 saturated carbocycles. The number of aromatic nitrogens is 2. The molecular weight excluding hydrogens is 401 g/mol. The fourth-order valence-corrected chi connectivity index (χ4v) is 3.17. The number of halogens is 3. The number of carbonyl (C=O) groups is 2. The molecule has 1 N–H and O–H groups in total. The van der Waals surface area contributed by atoms with E-state index in [0.29, 0.717) is 31.9 Å². The van der Waals surface area contributed by atoms with Crippen LogP contribution in [0.15, 0.2) is 42.7 Å². The van der Waals surface area contributed by atoms with Crippen LogP contribution < -0.4 is 10.2 Å². The Kier molecular flexibility index (Phi) is 6.53. The van der Waals surface area contributed by atoms with Gasteiger partial charge in [0.2, 0.25) is 5.95 Å². The van der Waals surface area contributed by atoms with E-state index >= 15 is 0 Å². The Bertz CT molecular complexity index is 884. The lowest BCUT2D eigenvalue weighted by molar-refractivity contribution is -0.158. The van der Waals surface area contributed by atoms with Crippen LogP contribution in [0, 0.1) is 5.92 Å². The van der Waals surface area contributed by atoms with Crippen LogP contribution >= 0.6 is 0 Å². The second kappa shape index (κ2) is 9.10. The minimum Gasteiger partial charge on any atom is -0.452 e. The predicted octanol–water partition coefficient (Wildman–Crippen LogP) is 3.28. The van der Waals surface area contributed by atoms with Crippen LogP contribution in [-0.2, 0) is 20.5 Å². The minimum absolute atomic E-state index is 0.380. The molecular formula is C20H21F3N4O3. The molecule has 1 aliphatic rings. The number of esters is 1. The molecule has 30 heavy (non-hydrogen) atoms. The zero-order valence-corrected chi connectivity index (χ0v) is 16.2.